The highest BCUT2D eigenvalue weighted by Crippen LogP contribution is 2.35. The molecule has 11 heteroatoms. The zero-order chi connectivity index (χ0) is 26.8. The number of carbonyl (C=O) groups is 1. The molecule has 1 heterocycles. The van der Waals surface area contributed by atoms with Gasteiger partial charge in [0.2, 0.25) is 10.0 Å². The molecule has 3 aromatic rings. The van der Waals surface area contributed by atoms with E-state index in [1.807, 2.05) is 0 Å². The molecule has 0 unspecified atom stereocenters. The number of sulfonamides is 1. The predicted molar refractivity (Wildman–Crippen MR) is 134 cm³/mol. The average molecular weight is 521 g/mol. The molecule has 0 bridgehead atoms. The highest BCUT2D eigenvalue weighted by atomic mass is 32.2. The third-order valence-corrected chi connectivity index (χ3v) is 6.80. The van der Waals surface area contributed by atoms with Gasteiger partial charge in [0.05, 0.1) is 29.4 Å². The van der Waals surface area contributed by atoms with E-state index in [1.165, 1.54) is 29.0 Å². The minimum atomic E-state index is -4.52. The van der Waals surface area contributed by atoms with E-state index in [9.17, 15) is 26.4 Å². The van der Waals surface area contributed by atoms with Gasteiger partial charge in [-0.25, -0.2) is 13.8 Å². The topological polar surface area (TPSA) is 83.8 Å². The first-order valence-corrected chi connectivity index (χ1v) is 12.8. The SMILES string of the molecule is Cc1cccc(C)c1N(CC(=O)N/N=C\c1cc(C)n(-c2ccccc2C(F)(F)F)c1C)S(C)(=O)=O. The van der Waals surface area contributed by atoms with Gasteiger partial charge < -0.3 is 4.57 Å². The summed E-state index contributed by atoms with van der Waals surface area (Å²) in [5.74, 6) is -0.671. The molecule has 0 radical (unpaired) electrons. The number of hydrogen-bond acceptors (Lipinski definition) is 4. The summed E-state index contributed by atoms with van der Waals surface area (Å²) in [6.07, 6.45) is -2.19. The molecule has 0 aliphatic heterocycles. The van der Waals surface area contributed by atoms with Crippen LogP contribution in [0.5, 0.6) is 0 Å². The second kappa shape index (κ2) is 10.2. The number of carbonyl (C=O) groups excluding carboxylic acids is 1. The molecule has 7 nitrogen and oxygen atoms in total. The number of hydrazone groups is 1. The first kappa shape index (κ1) is 27.0. The van der Waals surface area contributed by atoms with Crippen LogP contribution in [0, 0.1) is 27.7 Å². The van der Waals surface area contributed by atoms with Crippen LogP contribution in [-0.2, 0) is 21.0 Å². The molecule has 192 valence electrons. The zero-order valence-corrected chi connectivity index (χ0v) is 21.3. The van der Waals surface area contributed by atoms with Crippen molar-refractivity contribution in [1.82, 2.24) is 9.99 Å². The number of hydrogen-bond donors (Lipinski definition) is 1. The minimum absolute atomic E-state index is 0.0129. The lowest BCUT2D eigenvalue weighted by molar-refractivity contribution is -0.137. The third kappa shape index (κ3) is 5.78. The normalized spacial score (nSPS) is 12.2. The molecule has 3 rings (SSSR count). The van der Waals surface area contributed by atoms with E-state index in [1.54, 1.807) is 52.0 Å². The summed E-state index contributed by atoms with van der Waals surface area (Å²) in [4.78, 5) is 12.6. The lowest BCUT2D eigenvalue weighted by Crippen LogP contribution is -2.39. The van der Waals surface area contributed by atoms with Crippen molar-refractivity contribution in [3.63, 3.8) is 0 Å². The van der Waals surface area contributed by atoms with Crippen LogP contribution in [0.3, 0.4) is 0 Å². The fourth-order valence-corrected chi connectivity index (χ4v) is 5.07. The van der Waals surface area contributed by atoms with Gasteiger partial charge in [-0.15, -0.1) is 0 Å². The number of nitrogens with one attached hydrogen (secondary N) is 1. The largest absolute Gasteiger partial charge is 0.418 e. The van der Waals surface area contributed by atoms with Crippen molar-refractivity contribution in [2.75, 3.05) is 17.1 Å². The van der Waals surface area contributed by atoms with E-state index >= 15 is 0 Å². The van der Waals surface area contributed by atoms with Crippen molar-refractivity contribution in [3.8, 4) is 5.69 Å². The van der Waals surface area contributed by atoms with Gasteiger partial charge in [0, 0.05) is 17.0 Å². The zero-order valence-electron chi connectivity index (χ0n) is 20.5. The van der Waals surface area contributed by atoms with Crippen molar-refractivity contribution < 1.29 is 26.4 Å². The Morgan fingerprint density at radius 1 is 1.06 bits per heavy atom. The molecule has 1 amide bonds. The summed E-state index contributed by atoms with van der Waals surface area (Å²) in [6, 6.07) is 12.2. The summed E-state index contributed by atoms with van der Waals surface area (Å²) >= 11 is 0. The Hall–Kier alpha value is -3.60. The van der Waals surface area contributed by atoms with Crippen LogP contribution in [0.2, 0.25) is 0 Å². The first-order chi connectivity index (χ1) is 16.7. The van der Waals surface area contributed by atoms with E-state index in [2.05, 4.69) is 10.5 Å². The smallest absolute Gasteiger partial charge is 0.317 e. The Balaban J connectivity index is 1.83. The van der Waals surface area contributed by atoms with Gasteiger partial charge in [-0.3, -0.25) is 9.10 Å². The maximum atomic E-state index is 13.5. The Bertz CT molecular complexity index is 1410. The Morgan fingerprint density at radius 2 is 1.67 bits per heavy atom. The fraction of sp³-hybridized carbons (Fsp3) is 0.280. The maximum Gasteiger partial charge on any atom is 0.418 e. The van der Waals surface area contributed by atoms with Crippen LogP contribution in [0.25, 0.3) is 5.69 Å². The van der Waals surface area contributed by atoms with Gasteiger partial charge in [-0.1, -0.05) is 30.3 Å². The molecule has 1 N–H and O–H groups in total. The monoisotopic (exact) mass is 520 g/mol. The lowest BCUT2D eigenvalue weighted by Gasteiger charge is -2.25. The standard InChI is InChI=1S/C25H27F3N4O3S/c1-16-9-8-10-17(2)24(16)31(36(5,34)35)15-23(33)30-29-14-20-13-18(3)32(19(20)4)22-12-7-6-11-21(22)25(26,27)28/h6-14H,15H2,1-5H3,(H,30,33)/b29-14-. The van der Waals surface area contributed by atoms with E-state index in [0.717, 1.165) is 16.6 Å². The Kier molecular flexibility index (Phi) is 7.63. The molecule has 0 atom stereocenters. The number of amides is 1. The van der Waals surface area contributed by atoms with E-state index < -0.39 is 34.2 Å². The number of nitrogens with zero attached hydrogens (tertiary/aromatic N) is 3. The van der Waals surface area contributed by atoms with Gasteiger partial charge in [0.15, 0.2) is 0 Å². The minimum Gasteiger partial charge on any atom is -0.317 e. The molecule has 2 aromatic carbocycles. The van der Waals surface area contributed by atoms with E-state index in [0.29, 0.717) is 33.8 Å². The van der Waals surface area contributed by atoms with Gasteiger partial charge in [0.25, 0.3) is 5.91 Å². The second-order valence-corrected chi connectivity index (χ2v) is 10.4. The molecule has 1 aromatic heterocycles. The average Bonchev–Trinajstić information content (AvgIpc) is 3.04. The van der Waals surface area contributed by atoms with Gasteiger partial charge in [-0.05, 0) is 57.0 Å². The number of alkyl halides is 3. The van der Waals surface area contributed by atoms with Crippen molar-refractivity contribution in [3.05, 3.63) is 82.2 Å². The van der Waals surface area contributed by atoms with Crippen LogP contribution in [0.1, 0.15) is 33.6 Å². The quantitative estimate of drug-likeness (QED) is 0.364. The summed E-state index contributed by atoms with van der Waals surface area (Å²) in [6.45, 7) is 6.34. The van der Waals surface area contributed by atoms with Crippen molar-refractivity contribution in [2.45, 2.75) is 33.9 Å². The van der Waals surface area contributed by atoms with Crippen LogP contribution >= 0.6 is 0 Å². The number of benzene rings is 2. The van der Waals surface area contributed by atoms with E-state index in [4.69, 9.17) is 0 Å². The number of para-hydroxylation sites is 2. The van der Waals surface area contributed by atoms with Gasteiger partial charge >= 0.3 is 6.18 Å². The number of halogens is 3. The van der Waals surface area contributed by atoms with Gasteiger partial charge in [0.1, 0.15) is 6.54 Å². The van der Waals surface area contributed by atoms with Gasteiger partial charge in [-0.2, -0.15) is 18.3 Å². The number of aryl methyl sites for hydroxylation is 3. The summed E-state index contributed by atoms with van der Waals surface area (Å²) in [7, 11) is -3.77. The lowest BCUT2D eigenvalue weighted by atomic mass is 10.1. The first-order valence-electron chi connectivity index (χ1n) is 10.9. The summed E-state index contributed by atoms with van der Waals surface area (Å²) in [5.41, 5.74) is 4.89. The summed E-state index contributed by atoms with van der Waals surface area (Å²) in [5, 5.41) is 3.91. The van der Waals surface area contributed by atoms with Crippen LogP contribution in [0.15, 0.2) is 53.6 Å². The Labute approximate surface area is 208 Å². The number of anilines is 1. The molecule has 0 saturated carbocycles. The third-order valence-electron chi connectivity index (χ3n) is 5.69. The molecular weight excluding hydrogens is 493 g/mol. The van der Waals surface area contributed by atoms with Crippen LogP contribution < -0.4 is 9.73 Å². The maximum absolute atomic E-state index is 13.5. The van der Waals surface area contributed by atoms with Crippen molar-refractivity contribution in [2.24, 2.45) is 5.10 Å². The molecule has 0 aliphatic carbocycles. The fourth-order valence-electron chi connectivity index (χ4n) is 4.10. The van der Waals surface area contributed by atoms with Crippen molar-refractivity contribution in [1.29, 1.82) is 0 Å². The predicted octanol–water partition coefficient (Wildman–Crippen LogP) is 4.65. The second-order valence-electron chi connectivity index (χ2n) is 8.48. The van der Waals surface area contributed by atoms with E-state index in [-0.39, 0.29) is 5.69 Å². The molecule has 0 saturated heterocycles. The highest BCUT2D eigenvalue weighted by Gasteiger charge is 2.34. The van der Waals surface area contributed by atoms with Crippen LogP contribution in [0.4, 0.5) is 18.9 Å². The molecule has 0 fully saturated rings. The summed E-state index contributed by atoms with van der Waals surface area (Å²) < 4.78 is 67.9. The molecular formula is C25H27F3N4O3S. The molecule has 36 heavy (non-hydrogen) atoms. The van der Waals surface area contributed by atoms with Crippen molar-refractivity contribution >= 4 is 27.8 Å². The highest BCUT2D eigenvalue weighted by molar-refractivity contribution is 7.92. The Morgan fingerprint density at radius 3 is 2.25 bits per heavy atom. The number of aromatic nitrogens is 1. The molecule has 0 aliphatic rings. The molecule has 0 spiro atoms. The van der Waals surface area contributed by atoms with Crippen LogP contribution in [-0.4, -0.2) is 37.9 Å². The number of rotatable bonds is 7.